The van der Waals surface area contributed by atoms with E-state index in [0.717, 1.165) is 5.69 Å². The third-order valence-electron chi connectivity index (χ3n) is 4.45. The van der Waals surface area contributed by atoms with Gasteiger partial charge in [-0.25, -0.2) is 10.0 Å². The molecule has 1 aromatic rings. The molecule has 1 aliphatic heterocycles. The van der Waals surface area contributed by atoms with Crippen molar-refractivity contribution in [1.82, 2.24) is 25.1 Å². The molecule has 2 rings (SSSR count). The maximum Gasteiger partial charge on any atom is 0.290 e. The molecular weight excluding hydrogens is 346 g/mol. The van der Waals surface area contributed by atoms with Crippen LogP contribution in [0, 0.1) is 5.92 Å². The van der Waals surface area contributed by atoms with Gasteiger partial charge in [0.2, 0.25) is 5.91 Å². The predicted molar refractivity (Wildman–Crippen MR) is 102 cm³/mol. The first-order valence-corrected chi connectivity index (χ1v) is 9.44. The second-order valence-electron chi connectivity index (χ2n) is 8.46. The zero-order chi connectivity index (χ0) is 20.4. The first-order chi connectivity index (χ1) is 12.5. The van der Waals surface area contributed by atoms with E-state index in [0.29, 0.717) is 31.6 Å². The number of aromatic nitrogens is 2. The van der Waals surface area contributed by atoms with Crippen molar-refractivity contribution >= 4 is 17.7 Å². The van der Waals surface area contributed by atoms with E-state index in [1.807, 2.05) is 34.6 Å². The molecule has 0 radical (unpaired) electrons. The highest BCUT2D eigenvalue weighted by Gasteiger charge is 2.33. The van der Waals surface area contributed by atoms with Gasteiger partial charge in [-0.3, -0.25) is 19.1 Å². The summed E-state index contributed by atoms with van der Waals surface area (Å²) in [6.45, 7) is 10.8. The van der Waals surface area contributed by atoms with E-state index >= 15 is 0 Å². The largest absolute Gasteiger partial charge is 0.347 e. The van der Waals surface area contributed by atoms with Crippen LogP contribution < -0.4 is 5.32 Å². The number of aryl methyl sites for hydroxylation is 1. The number of amides is 3. The van der Waals surface area contributed by atoms with Crippen LogP contribution in [0.2, 0.25) is 0 Å². The normalized spacial score (nSPS) is 14.8. The maximum atomic E-state index is 13.0. The zero-order valence-electron chi connectivity index (χ0n) is 17.2. The Labute approximate surface area is 160 Å². The molecule has 27 heavy (non-hydrogen) atoms. The maximum absolute atomic E-state index is 13.0. The molecule has 0 aromatic carbocycles. The topological polar surface area (TPSA) is 87.5 Å². The Kier molecular flexibility index (Phi) is 6.28. The molecule has 1 aliphatic rings. The minimum atomic E-state index is -0.281. The van der Waals surface area contributed by atoms with Gasteiger partial charge in [0.25, 0.3) is 11.8 Å². The summed E-state index contributed by atoms with van der Waals surface area (Å²) in [5.41, 5.74) is 1.10. The van der Waals surface area contributed by atoms with Crippen LogP contribution in [0.3, 0.4) is 0 Å². The molecular formula is C19H31N5O3. The van der Waals surface area contributed by atoms with Crippen molar-refractivity contribution < 1.29 is 14.4 Å². The molecule has 0 saturated carbocycles. The van der Waals surface area contributed by atoms with Crippen LogP contribution >= 0.6 is 0 Å². The Hall–Kier alpha value is -2.38. The number of nitrogens with zero attached hydrogens (tertiary/aromatic N) is 4. The molecule has 0 unspecified atom stereocenters. The van der Waals surface area contributed by atoms with Crippen molar-refractivity contribution in [3.05, 3.63) is 17.5 Å². The fraction of sp³-hybridized carbons (Fsp3) is 0.684. The third-order valence-corrected chi connectivity index (χ3v) is 4.45. The quantitative estimate of drug-likeness (QED) is 0.842. The standard InChI is InChI=1S/C19H31N5O3/c1-13(2)10-16(25)20-12-17(26)23-8-7-9-24(23)18(27)14-11-15(19(3,4)5)21-22(14)6/h11,13H,7-10,12H2,1-6H3,(H,20,25). The van der Waals surface area contributed by atoms with Gasteiger partial charge in [0, 0.05) is 32.0 Å². The molecule has 2 heterocycles. The number of rotatable bonds is 5. The number of hydrogen-bond donors (Lipinski definition) is 1. The van der Waals surface area contributed by atoms with Crippen LogP contribution in [0.1, 0.15) is 63.6 Å². The van der Waals surface area contributed by atoms with E-state index in [1.165, 1.54) is 10.0 Å². The van der Waals surface area contributed by atoms with Crippen LogP contribution in [0.4, 0.5) is 0 Å². The lowest BCUT2D eigenvalue weighted by Gasteiger charge is -2.28. The van der Waals surface area contributed by atoms with Crippen molar-refractivity contribution in [3.8, 4) is 0 Å². The summed E-state index contributed by atoms with van der Waals surface area (Å²) in [4.78, 5) is 37.3. The lowest BCUT2D eigenvalue weighted by molar-refractivity contribution is -0.141. The molecule has 1 aromatic heterocycles. The van der Waals surface area contributed by atoms with Crippen LogP contribution in [0.5, 0.6) is 0 Å². The van der Waals surface area contributed by atoms with Gasteiger partial charge < -0.3 is 5.32 Å². The second-order valence-corrected chi connectivity index (χ2v) is 8.46. The van der Waals surface area contributed by atoms with Gasteiger partial charge in [-0.2, -0.15) is 5.10 Å². The summed E-state index contributed by atoms with van der Waals surface area (Å²) >= 11 is 0. The highest BCUT2D eigenvalue weighted by molar-refractivity contribution is 5.95. The fourth-order valence-electron chi connectivity index (χ4n) is 2.96. The van der Waals surface area contributed by atoms with Gasteiger partial charge >= 0.3 is 0 Å². The summed E-state index contributed by atoms with van der Waals surface area (Å²) in [5.74, 6) is -0.459. The van der Waals surface area contributed by atoms with Crippen molar-refractivity contribution in [2.45, 2.75) is 52.9 Å². The first kappa shape index (κ1) is 20.9. The fourth-order valence-corrected chi connectivity index (χ4v) is 2.96. The van der Waals surface area contributed by atoms with Crippen LogP contribution in [0.15, 0.2) is 6.07 Å². The summed E-state index contributed by atoms with van der Waals surface area (Å²) in [6, 6.07) is 1.79. The molecule has 8 heteroatoms. The Morgan fingerprint density at radius 3 is 2.37 bits per heavy atom. The molecule has 0 bridgehead atoms. The van der Waals surface area contributed by atoms with Gasteiger partial charge in [-0.15, -0.1) is 0 Å². The molecule has 0 aliphatic carbocycles. The molecule has 1 N–H and O–H groups in total. The Balaban J connectivity index is 2.07. The highest BCUT2D eigenvalue weighted by atomic mass is 16.2. The van der Waals surface area contributed by atoms with Crippen molar-refractivity contribution in [2.75, 3.05) is 19.6 Å². The monoisotopic (exact) mass is 377 g/mol. The van der Waals surface area contributed by atoms with E-state index in [1.54, 1.807) is 17.8 Å². The average molecular weight is 377 g/mol. The Morgan fingerprint density at radius 2 is 1.81 bits per heavy atom. The number of nitrogens with one attached hydrogen (secondary N) is 1. The minimum absolute atomic E-state index is 0.103. The third kappa shape index (κ3) is 5.08. The lowest BCUT2D eigenvalue weighted by Crippen LogP contribution is -2.49. The molecule has 0 spiro atoms. The number of hydrazine groups is 1. The molecule has 8 nitrogen and oxygen atoms in total. The van der Waals surface area contributed by atoms with Crippen LogP contribution in [-0.4, -0.2) is 57.2 Å². The van der Waals surface area contributed by atoms with Gasteiger partial charge in [0.15, 0.2) is 0 Å². The SMILES string of the molecule is CC(C)CC(=O)NCC(=O)N1CCCN1C(=O)c1cc(C(C)(C)C)nn1C. The van der Waals surface area contributed by atoms with Gasteiger partial charge in [0.1, 0.15) is 5.69 Å². The number of hydrogen-bond acceptors (Lipinski definition) is 4. The van der Waals surface area contributed by atoms with Crippen molar-refractivity contribution in [3.63, 3.8) is 0 Å². The first-order valence-electron chi connectivity index (χ1n) is 9.44. The molecule has 3 amide bonds. The molecule has 1 saturated heterocycles. The van der Waals surface area contributed by atoms with Gasteiger partial charge in [0.05, 0.1) is 12.2 Å². The smallest absolute Gasteiger partial charge is 0.290 e. The Bertz CT molecular complexity index is 717. The zero-order valence-corrected chi connectivity index (χ0v) is 17.2. The summed E-state index contributed by atoms with van der Waals surface area (Å²) < 4.78 is 1.56. The highest BCUT2D eigenvalue weighted by Crippen LogP contribution is 2.23. The summed E-state index contributed by atoms with van der Waals surface area (Å²) in [6.07, 6.45) is 1.09. The van der Waals surface area contributed by atoms with E-state index in [-0.39, 0.29) is 35.6 Å². The summed E-state index contributed by atoms with van der Waals surface area (Å²) in [7, 11) is 1.73. The van der Waals surface area contributed by atoms with E-state index < -0.39 is 0 Å². The van der Waals surface area contributed by atoms with E-state index in [2.05, 4.69) is 10.4 Å². The molecule has 150 valence electrons. The lowest BCUT2D eigenvalue weighted by atomic mass is 9.92. The Morgan fingerprint density at radius 1 is 1.19 bits per heavy atom. The minimum Gasteiger partial charge on any atom is -0.347 e. The second kappa shape index (κ2) is 8.10. The number of carbonyl (C=O) groups is 3. The van der Waals surface area contributed by atoms with Crippen molar-refractivity contribution in [2.24, 2.45) is 13.0 Å². The van der Waals surface area contributed by atoms with Gasteiger partial charge in [-0.1, -0.05) is 34.6 Å². The van der Waals surface area contributed by atoms with Crippen molar-refractivity contribution in [1.29, 1.82) is 0 Å². The molecule has 0 atom stereocenters. The van der Waals surface area contributed by atoms with Gasteiger partial charge in [-0.05, 0) is 18.4 Å². The average Bonchev–Trinajstić information content (AvgIpc) is 3.17. The predicted octanol–water partition coefficient (Wildman–Crippen LogP) is 1.47. The van der Waals surface area contributed by atoms with Crippen LogP contribution in [0.25, 0.3) is 0 Å². The molecule has 1 fully saturated rings. The number of carbonyl (C=O) groups excluding carboxylic acids is 3. The summed E-state index contributed by atoms with van der Waals surface area (Å²) in [5, 5.41) is 9.97. The van der Waals surface area contributed by atoms with E-state index in [9.17, 15) is 14.4 Å². The van der Waals surface area contributed by atoms with E-state index in [4.69, 9.17) is 0 Å². The van der Waals surface area contributed by atoms with Crippen LogP contribution in [-0.2, 0) is 22.1 Å².